The van der Waals surface area contributed by atoms with Crippen molar-refractivity contribution >= 4 is 11.6 Å². The van der Waals surface area contributed by atoms with E-state index in [1.165, 1.54) is 25.0 Å². The van der Waals surface area contributed by atoms with Crippen molar-refractivity contribution in [3.05, 3.63) is 29.0 Å². The summed E-state index contributed by atoms with van der Waals surface area (Å²) < 4.78 is 18.5. The van der Waals surface area contributed by atoms with Crippen molar-refractivity contribution in [2.75, 3.05) is 20.2 Å². The zero-order valence-electron chi connectivity index (χ0n) is 10.1. The van der Waals surface area contributed by atoms with Gasteiger partial charge in [-0.1, -0.05) is 24.4 Å². The van der Waals surface area contributed by atoms with Crippen LogP contribution in [0.15, 0.2) is 18.2 Å². The number of nitrogens with one attached hydrogen (secondary N) is 1. The number of hydrogen-bond acceptors (Lipinski definition) is 2. The average Bonchev–Trinajstić information content (AvgIpc) is 2.32. The molecule has 0 bridgehead atoms. The second-order valence-corrected chi connectivity index (χ2v) is 4.35. The molecule has 0 heterocycles. The minimum atomic E-state index is -0.432. The maximum absolute atomic E-state index is 13.1. The zero-order valence-corrected chi connectivity index (χ0v) is 10.9. The summed E-state index contributed by atoms with van der Waals surface area (Å²) in [5.74, 6) is 0.111. The minimum Gasteiger partial charge on any atom is -0.493 e. The Labute approximate surface area is 107 Å². The molecule has 0 radical (unpaired) electrons. The highest BCUT2D eigenvalue weighted by Crippen LogP contribution is 2.20. The van der Waals surface area contributed by atoms with E-state index in [9.17, 15) is 4.39 Å². The normalized spacial score (nSPS) is 10.5. The number of halogens is 2. The molecule has 96 valence electrons. The molecule has 0 aliphatic carbocycles. The lowest BCUT2D eigenvalue weighted by Crippen LogP contribution is -2.07. The molecule has 1 N–H and O–H groups in total. The van der Waals surface area contributed by atoms with E-state index < -0.39 is 5.82 Å². The highest BCUT2D eigenvalue weighted by atomic mass is 35.5. The predicted octanol–water partition coefficient (Wildman–Crippen LogP) is 3.64. The smallest absolute Gasteiger partial charge is 0.145 e. The monoisotopic (exact) mass is 259 g/mol. The minimum absolute atomic E-state index is 0.129. The summed E-state index contributed by atoms with van der Waals surface area (Å²) in [7, 11) is 1.96. The Balaban J connectivity index is 2.11. The summed E-state index contributed by atoms with van der Waals surface area (Å²) >= 11 is 5.58. The van der Waals surface area contributed by atoms with Crippen LogP contribution in [0.4, 0.5) is 4.39 Å². The van der Waals surface area contributed by atoms with Crippen molar-refractivity contribution in [2.45, 2.75) is 25.7 Å². The maximum atomic E-state index is 13.1. The molecule has 1 rings (SSSR count). The molecule has 0 unspecified atom stereocenters. The molecule has 0 fully saturated rings. The largest absolute Gasteiger partial charge is 0.493 e. The Hall–Kier alpha value is -0.800. The van der Waals surface area contributed by atoms with Gasteiger partial charge in [-0.2, -0.15) is 0 Å². The van der Waals surface area contributed by atoms with Crippen molar-refractivity contribution in [1.29, 1.82) is 0 Å². The molecule has 4 heteroatoms. The van der Waals surface area contributed by atoms with Crippen molar-refractivity contribution < 1.29 is 9.13 Å². The van der Waals surface area contributed by atoms with Crippen LogP contribution in [0, 0.1) is 5.82 Å². The lowest BCUT2D eigenvalue weighted by atomic mass is 10.2. The second kappa shape index (κ2) is 8.31. The Morgan fingerprint density at radius 2 is 2.00 bits per heavy atom. The molecular formula is C13H19ClFNO. The first kappa shape index (κ1) is 14.3. The molecule has 0 amide bonds. The molecule has 0 spiro atoms. The van der Waals surface area contributed by atoms with E-state index in [0.717, 1.165) is 19.4 Å². The van der Waals surface area contributed by atoms with E-state index in [1.807, 2.05) is 7.05 Å². The number of rotatable bonds is 8. The van der Waals surface area contributed by atoms with E-state index >= 15 is 0 Å². The molecule has 0 atom stereocenters. The van der Waals surface area contributed by atoms with Gasteiger partial charge >= 0.3 is 0 Å². The highest BCUT2D eigenvalue weighted by molar-refractivity contribution is 6.30. The van der Waals surface area contributed by atoms with Crippen molar-refractivity contribution in [2.24, 2.45) is 0 Å². The van der Waals surface area contributed by atoms with Gasteiger partial charge in [-0.15, -0.1) is 0 Å². The molecule has 17 heavy (non-hydrogen) atoms. The van der Waals surface area contributed by atoms with Crippen LogP contribution in [0.25, 0.3) is 0 Å². The van der Waals surface area contributed by atoms with Crippen molar-refractivity contribution in [3.8, 4) is 5.75 Å². The molecule has 2 nitrogen and oxygen atoms in total. The molecule has 0 saturated heterocycles. The quantitative estimate of drug-likeness (QED) is 0.720. The van der Waals surface area contributed by atoms with Gasteiger partial charge in [0.2, 0.25) is 0 Å². The van der Waals surface area contributed by atoms with Crippen LogP contribution in [0.3, 0.4) is 0 Å². The Kier molecular flexibility index (Phi) is 6.97. The summed E-state index contributed by atoms with van der Waals surface area (Å²) in [4.78, 5) is 0. The van der Waals surface area contributed by atoms with E-state index in [0.29, 0.717) is 12.4 Å². The first-order valence-electron chi connectivity index (χ1n) is 5.96. The molecule has 0 saturated carbocycles. The van der Waals surface area contributed by atoms with Gasteiger partial charge in [0.25, 0.3) is 0 Å². The topological polar surface area (TPSA) is 21.3 Å². The highest BCUT2D eigenvalue weighted by Gasteiger charge is 2.01. The predicted molar refractivity (Wildman–Crippen MR) is 69.3 cm³/mol. The fourth-order valence-electron chi connectivity index (χ4n) is 1.51. The summed E-state index contributed by atoms with van der Waals surface area (Å²) in [6, 6.07) is 4.52. The third-order valence-electron chi connectivity index (χ3n) is 2.48. The van der Waals surface area contributed by atoms with E-state index in [-0.39, 0.29) is 5.02 Å². The number of unbranched alkanes of at least 4 members (excludes halogenated alkanes) is 3. The van der Waals surface area contributed by atoms with Gasteiger partial charge in [0.05, 0.1) is 11.6 Å². The fraction of sp³-hybridized carbons (Fsp3) is 0.538. The lowest BCUT2D eigenvalue weighted by Gasteiger charge is -2.06. The summed E-state index contributed by atoms with van der Waals surface area (Å²) in [6.07, 6.45) is 4.51. The average molecular weight is 260 g/mol. The molecule has 0 aliphatic rings. The van der Waals surface area contributed by atoms with Gasteiger partial charge in [-0.3, -0.25) is 0 Å². The summed E-state index contributed by atoms with van der Waals surface area (Å²) in [5, 5.41) is 3.24. The van der Waals surface area contributed by atoms with E-state index in [2.05, 4.69) is 5.32 Å². The fourth-order valence-corrected chi connectivity index (χ4v) is 1.63. The summed E-state index contributed by atoms with van der Waals surface area (Å²) in [5.41, 5.74) is 0. The SMILES string of the molecule is CNCCCCCCOc1ccc(Cl)c(F)c1. The second-order valence-electron chi connectivity index (χ2n) is 3.94. The van der Waals surface area contributed by atoms with Gasteiger partial charge in [-0.05, 0) is 38.6 Å². The van der Waals surface area contributed by atoms with Crippen molar-refractivity contribution in [3.63, 3.8) is 0 Å². The van der Waals surface area contributed by atoms with E-state index in [4.69, 9.17) is 16.3 Å². The van der Waals surface area contributed by atoms with Crippen LogP contribution in [0.2, 0.25) is 5.02 Å². The van der Waals surface area contributed by atoms with Gasteiger partial charge in [-0.25, -0.2) is 4.39 Å². The number of hydrogen-bond donors (Lipinski definition) is 1. The van der Waals surface area contributed by atoms with Crippen molar-refractivity contribution in [1.82, 2.24) is 5.32 Å². The van der Waals surface area contributed by atoms with Gasteiger partial charge < -0.3 is 10.1 Å². The van der Waals surface area contributed by atoms with Crippen LogP contribution < -0.4 is 10.1 Å². The van der Waals surface area contributed by atoms with Crippen LogP contribution in [-0.4, -0.2) is 20.2 Å². The third kappa shape index (κ3) is 5.89. The zero-order chi connectivity index (χ0) is 12.5. The third-order valence-corrected chi connectivity index (χ3v) is 2.79. The van der Waals surface area contributed by atoms with Crippen LogP contribution in [0.1, 0.15) is 25.7 Å². The van der Waals surface area contributed by atoms with Gasteiger partial charge in [0, 0.05) is 6.07 Å². The molecule has 0 aliphatic heterocycles. The molecule has 1 aromatic rings. The standard InChI is InChI=1S/C13H19ClFNO/c1-16-8-4-2-3-5-9-17-11-6-7-12(14)13(15)10-11/h6-7,10,16H,2-5,8-9H2,1H3. The van der Waals surface area contributed by atoms with Crippen LogP contribution in [0.5, 0.6) is 5.75 Å². The first-order valence-corrected chi connectivity index (χ1v) is 6.34. The Morgan fingerprint density at radius 3 is 2.71 bits per heavy atom. The number of benzene rings is 1. The molecular weight excluding hydrogens is 241 g/mol. The molecule has 0 aromatic heterocycles. The Morgan fingerprint density at radius 1 is 1.24 bits per heavy atom. The maximum Gasteiger partial charge on any atom is 0.145 e. The number of ether oxygens (including phenoxy) is 1. The first-order chi connectivity index (χ1) is 8.24. The lowest BCUT2D eigenvalue weighted by molar-refractivity contribution is 0.303. The molecule has 1 aromatic carbocycles. The van der Waals surface area contributed by atoms with E-state index in [1.54, 1.807) is 6.07 Å². The van der Waals surface area contributed by atoms with Crippen LogP contribution in [-0.2, 0) is 0 Å². The van der Waals surface area contributed by atoms with Gasteiger partial charge in [0.15, 0.2) is 0 Å². The van der Waals surface area contributed by atoms with Gasteiger partial charge in [0.1, 0.15) is 11.6 Å². The van der Waals surface area contributed by atoms with Crippen LogP contribution >= 0.6 is 11.6 Å². The Bertz CT molecular complexity index is 333. The summed E-state index contributed by atoms with van der Waals surface area (Å²) in [6.45, 7) is 1.68.